The van der Waals surface area contributed by atoms with E-state index in [1.807, 2.05) is 22.6 Å². The zero-order chi connectivity index (χ0) is 20.0. The number of amides is 1. The molecule has 1 amide bonds. The quantitative estimate of drug-likeness (QED) is 0.787. The van der Waals surface area contributed by atoms with E-state index >= 15 is 0 Å². The Labute approximate surface area is 164 Å². The first-order chi connectivity index (χ1) is 13.3. The van der Waals surface area contributed by atoms with E-state index in [0.717, 1.165) is 36.6 Å². The highest BCUT2D eigenvalue weighted by Crippen LogP contribution is 2.40. The van der Waals surface area contributed by atoms with Crippen LogP contribution in [0.2, 0.25) is 0 Å². The van der Waals surface area contributed by atoms with Gasteiger partial charge in [-0.15, -0.1) is 0 Å². The largest absolute Gasteiger partial charge is 0.348 e. The lowest BCUT2D eigenvalue weighted by atomic mass is 10.00. The summed E-state index contributed by atoms with van der Waals surface area (Å²) in [4.78, 5) is 36.1. The average Bonchev–Trinajstić information content (AvgIpc) is 3.36. The molecule has 0 radical (unpaired) electrons. The van der Waals surface area contributed by atoms with Crippen molar-refractivity contribution in [2.24, 2.45) is 5.92 Å². The summed E-state index contributed by atoms with van der Waals surface area (Å²) in [6.07, 6.45) is 3.14. The van der Waals surface area contributed by atoms with Crippen LogP contribution in [-0.4, -0.2) is 41.7 Å². The molecule has 2 aromatic heterocycles. The van der Waals surface area contributed by atoms with Crippen LogP contribution in [0.3, 0.4) is 0 Å². The summed E-state index contributed by atoms with van der Waals surface area (Å²) in [7, 11) is 0. The van der Waals surface area contributed by atoms with Crippen molar-refractivity contribution >= 4 is 5.91 Å². The highest BCUT2D eigenvalue weighted by molar-refractivity contribution is 5.76. The molecule has 1 fully saturated rings. The Morgan fingerprint density at radius 1 is 1.21 bits per heavy atom. The van der Waals surface area contributed by atoms with Crippen LogP contribution in [0.1, 0.15) is 68.1 Å². The molecular weight excluding hydrogens is 356 g/mol. The zero-order valence-electron chi connectivity index (χ0n) is 17.1. The second-order valence-electron chi connectivity index (χ2n) is 8.47. The first kappa shape index (κ1) is 18.8. The highest BCUT2D eigenvalue weighted by atomic mass is 16.2. The summed E-state index contributed by atoms with van der Waals surface area (Å²) in [5.74, 6) is 2.65. The van der Waals surface area contributed by atoms with Gasteiger partial charge in [-0.05, 0) is 45.1 Å². The van der Waals surface area contributed by atoms with Crippen LogP contribution in [0.15, 0.2) is 10.9 Å². The monoisotopic (exact) mass is 384 g/mol. The molecule has 1 saturated carbocycles. The van der Waals surface area contributed by atoms with Gasteiger partial charge in [0.25, 0.3) is 0 Å². The summed E-state index contributed by atoms with van der Waals surface area (Å²) < 4.78 is 3.44. The molecule has 0 spiro atoms. The van der Waals surface area contributed by atoms with Crippen LogP contribution in [0.5, 0.6) is 0 Å². The standard InChI is InChI=1S/C20H28N6O2/c1-12(2)9-16-19-22-18(15-5-6-15)23-26(19)8-7-24(16)17(27)11-25-14(4)10-13(3)21-20(25)28/h10,12,15-16H,5-9,11H2,1-4H3/t16-/m0/s1. The molecule has 1 aliphatic carbocycles. The molecule has 0 saturated heterocycles. The third-order valence-corrected chi connectivity index (χ3v) is 5.54. The van der Waals surface area contributed by atoms with Crippen molar-refractivity contribution in [2.75, 3.05) is 6.54 Å². The summed E-state index contributed by atoms with van der Waals surface area (Å²) in [6, 6.07) is 1.73. The number of aromatic nitrogens is 5. The number of rotatable bonds is 5. The zero-order valence-corrected chi connectivity index (χ0v) is 17.1. The van der Waals surface area contributed by atoms with Gasteiger partial charge in [-0.25, -0.2) is 14.5 Å². The van der Waals surface area contributed by atoms with Crippen molar-refractivity contribution < 1.29 is 4.79 Å². The van der Waals surface area contributed by atoms with Gasteiger partial charge in [-0.2, -0.15) is 10.1 Å². The van der Waals surface area contributed by atoms with Crippen LogP contribution in [-0.2, 0) is 17.9 Å². The first-order valence-electron chi connectivity index (χ1n) is 10.1. The van der Waals surface area contributed by atoms with Gasteiger partial charge in [0.2, 0.25) is 5.91 Å². The molecule has 28 heavy (non-hydrogen) atoms. The lowest BCUT2D eigenvalue weighted by Gasteiger charge is -2.36. The Bertz CT molecular complexity index is 956. The van der Waals surface area contributed by atoms with E-state index in [4.69, 9.17) is 4.98 Å². The predicted molar refractivity (Wildman–Crippen MR) is 104 cm³/mol. The number of nitrogens with zero attached hydrogens (tertiary/aromatic N) is 6. The molecular formula is C20H28N6O2. The lowest BCUT2D eigenvalue weighted by Crippen LogP contribution is -2.45. The Morgan fingerprint density at radius 3 is 2.61 bits per heavy atom. The molecule has 8 heteroatoms. The van der Waals surface area contributed by atoms with Crippen molar-refractivity contribution in [1.29, 1.82) is 0 Å². The van der Waals surface area contributed by atoms with E-state index in [-0.39, 0.29) is 24.2 Å². The van der Waals surface area contributed by atoms with Crippen LogP contribution < -0.4 is 5.69 Å². The van der Waals surface area contributed by atoms with E-state index in [9.17, 15) is 9.59 Å². The highest BCUT2D eigenvalue weighted by Gasteiger charge is 2.37. The van der Waals surface area contributed by atoms with E-state index in [2.05, 4.69) is 23.9 Å². The smallest absolute Gasteiger partial charge is 0.329 e. The number of fused-ring (bicyclic) bond motifs is 1. The van der Waals surface area contributed by atoms with Gasteiger partial charge in [-0.3, -0.25) is 9.36 Å². The van der Waals surface area contributed by atoms with Gasteiger partial charge in [0, 0.05) is 23.9 Å². The van der Waals surface area contributed by atoms with Crippen molar-refractivity contribution in [3.05, 3.63) is 39.6 Å². The van der Waals surface area contributed by atoms with Crippen molar-refractivity contribution in [3.8, 4) is 0 Å². The summed E-state index contributed by atoms with van der Waals surface area (Å²) in [5.41, 5.74) is 1.05. The average molecular weight is 384 g/mol. The summed E-state index contributed by atoms with van der Waals surface area (Å²) in [5, 5.41) is 4.69. The van der Waals surface area contributed by atoms with Crippen LogP contribution in [0.4, 0.5) is 0 Å². The molecule has 0 N–H and O–H groups in total. The predicted octanol–water partition coefficient (Wildman–Crippen LogP) is 1.96. The minimum absolute atomic E-state index is 0.0101. The van der Waals surface area contributed by atoms with Crippen LogP contribution >= 0.6 is 0 Å². The molecule has 150 valence electrons. The number of hydrogen-bond donors (Lipinski definition) is 0. The molecule has 0 unspecified atom stereocenters. The molecule has 2 aromatic rings. The Hall–Kier alpha value is -2.51. The van der Waals surface area contributed by atoms with Crippen molar-refractivity contribution in [2.45, 2.75) is 72.0 Å². The Balaban J connectivity index is 1.62. The minimum atomic E-state index is -0.373. The second-order valence-corrected chi connectivity index (χ2v) is 8.47. The molecule has 1 atom stereocenters. The van der Waals surface area contributed by atoms with E-state index in [1.54, 1.807) is 6.92 Å². The van der Waals surface area contributed by atoms with Gasteiger partial charge in [0.15, 0.2) is 5.82 Å². The number of hydrogen-bond acceptors (Lipinski definition) is 5. The van der Waals surface area contributed by atoms with Gasteiger partial charge in [0.05, 0.1) is 12.6 Å². The molecule has 8 nitrogen and oxygen atoms in total. The number of carbonyl (C=O) groups excluding carboxylic acids is 1. The molecule has 0 aromatic carbocycles. The third-order valence-electron chi connectivity index (χ3n) is 5.54. The molecule has 0 bridgehead atoms. The first-order valence-corrected chi connectivity index (χ1v) is 10.1. The molecule has 2 aliphatic rings. The molecule has 4 rings (SSSR count). The SMILES string of the molecule is Cc1cc(C)n(CC(=O)N2CCn3nc(C4CC4)nc3[C@@H]2CC(C)C)c(=O)n1. The fourth-order valence-corrected chi connectivity index (χ4v) is 3.97. The fraction of sp³-hybridized carbons (Fsp3) is 0.650. The molecule has 1 aliphatic heterocycles. The minimum Gasteiger partial charge on any atom is -0.329 e. The fourth-order valence-electron chi connectivity index (χ4n) is 3.97. The van der Waals surface area contributed by atoms with Crippen LogP contribution in [0.25, 0.3) is 0 Å². The topological polar surface area (TPSA) is 85.9 Å². The van der Waals surface area contributed by atoms with Crippen LogP contribution in [0, 0.1) is 19.8 Å². The maximum Gasteiger partial charge on any atom is 0.348 e. The Morgan fingerprint density at radius 2 is 1.96 bits per heavy atom. The maximum atomic E-state index is 13.2. The van der Waals surface area contributed by atoms with E-state index in [1.165, 1.54) is 4.57 Å². The van der Waals surface area contributed by atoms with Crippen molar-refractivity contribution in [3.63, 3.8) is 0 Å². The number of carbonyl (C=O) groups is 1. The normalized spacial score (nSPS) is 19.2. The summed E-state index contributed by atoms with van der Waals surface area (Å²) in [6.45, 7) is 9.17. The Kier molecular flexibility index (Phi) is 4.81. The number of aryl methyl sites for hydroxylation is 2. The van der Waals surface area contributed by atoms with Gasteiger partial charge < -0.3 is 4.90 Å². The van der Waals surface area contributed by atoms with E-state index < -0.39 is 0 Å². The van der Waals surface area contributed by atoms with Gasteiger partial charge in [0.1, 0.15) is 12.4 Å². The lowest BCUT2D eigenvalue weighted by molar-refractivity contribution is -0.136. The second kappa shape index (κ2) is 7.14. The van der Waals surface area contributed by atoms with Gasteiger partial charge >= 0.3 is 5.69 Å². The summed E-state index contributed by atoms with van der Waals surface area (Å²) >= 11 is 0. The van der Waals surface area contributed by atoms with Crippen molar-refractivity contribution in [1.82, 2.24) is 29.2 Å². The van der Waals surface area contributed by atoms with Gasteiger partial charge in [-0.1, -0.05) is 13.8 Å². The molecule has 3 heterocycles. The maximum absolute atomic E-state index is 13.2. The third kappa shape index (κ3) is 3.59. The van der Waals surface area contributed by atoms with E-state index in [0.29, 0.717) is 30.6 Å².